The second-order valence-corrected chi connectivity index (χ2v) is 4.87. The quantitative estimate of drug-likeness (QED) is 0.733. The average Bonchev–Trinajstić information content (AvgIpc) is 2.46. The summed E-state index contributed by atoms with van der Waals surface area (Å²) in [4.78, 5) is 25.8. The molecule has 21 heavy (non-hydrogen) atoms. The number of rotatable bonds is 3. The summed E-state index contributed by atoms with van der Waals surface area (Å²) in [7, 11) is 0. The van der Waals surface area contributed by atoms with Crippen molar-refractivity contribution < 1.29 is 24.5 Å². The van der Waals surface area contributed by atoms with Gasteiger partial charge in [0.15, 0.2) is 0 Å². The minimum atomic E-state index is -0.694. The molecule has 1 aromatic carbocycles. The second kappa shape index (κ2) is 6.45. The number of phenols is 2. The number of amides is 2. The fraction of sp³-hybridized carbons (Fsp3) is 0.429. The molecule has 0 spiro atoms. The number of carbonyl (C=O) groups excluding carboxylic acids is 2. The van der Waals surface area contributed by atoms with Crippen LogP contribution in [-0.4, -0.2) is 59.3 Å². The molecule has 0 bridgehead atoms. The minimum Gasteiger partial charge on any atom is -0.508 e. The van der Waals surface area contributed by atoms with Crippen molar-refractivity contribution in [3.63, 3.8) is 0 Å². The van der Waals surface area contributed by atoms with E-state index in [1.807, 2.05) is 0 Å². The van der Waals surface area contributed by atoms with E-state index in [0.717, 1.165) is 6.07 Å². The molecule has 2 rings (SSSR count). The molecule has 114 valence electrons. The lowest BCUT2D eigenvalue weighted by molar-refractivity contribution is -0.136. The van der Waals surface area contributed by atoms with Gasteiger partial charge in [0.25, 0.3) is 5.91 Å². The third-order valence-electron chi connectivity index (χ3n) is 3.21. The van der Waals surface area contributed by atoms with E-state index in [1.165, 1.54) is 12.1 Å². The van der Waals surface area contributed by atoms with Gasteiger partial charge in [-0.2, -0.15) is 0 Å². The second-order valence-electron chi connectivity index (χ2n) is 4.87. The van der Waals surface area contributed by atoms with Crippen molar-refractivity contribution >= 4 is 11.8 Å². The summed E-state index contributed by atoms with van der Waals surface area (Å²) in [6.07, 6.45) is 0. The first kappa shape index (κ1) is 15.1. The molecule has 1 unspecified atom stereocenters. The van der Waals surface area contributed by atoms with Gasteiger partial charge >= 0.3 is 0 Å². The predicted molar refractivity (Wildman–Crippen MR) is 74.1 cm³/mol. The summed E-state index contributed by atoms with van der Waals surface area (Å²) in [5.41, 5.74) is 0.0918. The van der Waals surface area contributed by atoms with Crippen LogP contribution in [0.2, 0.25) is 0 Å². The Morgan fingerprint density at radius 3 is 2.33 bits per heavy atom. The zero-order chi connectivity index (χ0) is 15.4. The number of phenolic OH excluding ortho intramolecular Hbond substituents is 2. The molecule has 3 N–H and O–H groups in total. The molecule has 0 aliphatic carbocycles. The molecule has 1 aliphatic rings. The first-order chi connectivity index (χ1) is 9.97. The average molecular weight is 294 g/mol. The van der Waals surface area contributed by atoms with Gasteiger partial charge in [0.1, 0.15) is 17.5 Å². The predicted octanol–water partition coefficient (Wildman–Crippen LogP) is 0.0749. The smallest absolute Gasteiger partial charge is 0.252 e. The lowest BCUT2D eigenvalue weighted by Crippen LogP contribution is -2.50. The maximum atomic E-state index is 12.2. The van der Waals surface area contributed by atoms with Gasteiger partial charge in [0.05, 0.1) is 13.2 Å². The van der Waals surface area contributed by atoms with Gasteiger partial charge in [-0.15, -0.1) is 0 Å². The molecule has 7 heteroatoms. The number of nitrogens with one attached hydrogen (secondary N) is 1. The molecule has 0 aromatic heterocycles. The Hall–Kier alpha value is -2.28. The van der Waals surface area contributed by atoms with Gasteiger partial charge < -0.3 is 25.2 Å². The summed E-state index contributed by atoms with van der Waals surface area (Å²) in [5, 5.41) is 21.3. The Balaban J connectivity index is 1.99. The van der Waals surface area contributed by atoms with Crippen LogP contribution in [-0.2, 0) is 9.53 Å². The molecule has 0 radical (unpaired) electrons. The van der Waals surface area contributed by atoms with Crippen LogP contribution in [0.25, 0.3) is 0 Å². The lowest BCUT2D eigenvalue weighted by Gasteiger charge is -2.29. The van der Waals surface area contributed by atoms with E-state index in [9.17, 15) is 19.8 Å². The molecule has 1 atom stereocenters. The number of hydrogen-bond acceptors (Lipinski definition) is 5. The normalized spacial score (nSPS) is 16.3. The summed E-state index contributed by atoms with van der Waals surface area (Å²) in [6.45, 7) is 3.59. The third-order valence-corrected chi connectivity index (χ3v) is 3.21. The van der Waals surface area contributed by atoms with Crippen LogP contribution in [0.15, 0.2) is 18.2 Å². The van der Waals surface area contributed by atoms with E-state index < -0.39 is 11.9 Å². The van der Waals surface area contributed by atoms with Gasteiger partial charge in [-0.05, 0) is 19.1 Å². The van der Waals surface area contributed by atoms with E-state index in [1.54, 1.807) is 11.8 Å². The van der Waals surface area contributed by atoms with Gasteiger partial charge in [0, 0.05) is 24.7 Å². The molecular formula is C14H18N2O5. The lowest BCUT2D eigenvalue weighted by atomic mass is 10.1. The number of aromatic hydroxyl groups is 2. The highest BCUT2D eigenvalue weighted by molar-refractivity contribution is 5.98. The Labute approximate surface area is 122 Å². The number of ether oxygens (including phenoxy) is 1. The van der Waals surface area contributed by atoms with Crippen LogP contribution in [0.3, 0.4) is 0 Å². The zero-order valence-electron chi connectivity index (χ0n) is 11.7. The standard InChI is InChI=1S/C14H18N2O5/c1-9(14(20)16-2-4-21-5-3-16)15-13(19)10-6-11(17)8-12(18)7-10/h6-9,17-18H,2-5H2,1H3,(H,15,19). The van der Waals surface area contributed by atoms with Crippen LogP contribution >= 0.6 is 0 Å². The molecule has 1 heterocycles. The summed E-state index contributed by atoms with van der Waals surface area (Å²) in [6, 6.07) is 2.88. The molecule has 1 saturated heterocycles. The molecule has 0 saturated carbocycles. The van der Waals surface area contributed by atoms with Crippen molar-refractivity contribution in [2.24, 2.45) is 0 Å². The molecule has 1 fully saturated rings. The van der Waals surface area contributed by atoms with Crippen LogP contribution < -0.4 is 5.32 Å². The molecule has 7 nitrogen and oxygen atoms in total. The van der Waals surface area contributed by atoms with Crippen LogP contribution in [0.4, 0.5) is 0 Å². The van der Waals surface area contributed by atoms with Crippen molar-refractivity contribution in [2.75, 3.05) is 26.3 Å². The zero-order valence-corrected chi connectivity index (χ0v) is 11.7. The van der Waals surface area contributed by atoms with E-state index in [4.69, 9.17) is 4.74 Å². The Kier molecular flexibility index (Phi) is 4.64. The van der Waals surface area contributed by atoms with Crippen LogP contribution in [0.1, 0.15) is 17.3 Å². The number of carbonyl (C=O) groups is 2. The first-order valence-electron chi connectivity index (χ1n) is 6.68. The molecule has 1 aliphatic heterocycles. The number of benzene rings is 1. The summed E-state index contributed by atoms with van der Waals surface area (Å²) in [5.74, 6) is -1.15. The topological polar surface area (TPSA) is 99.1 Å². The van der Waals surface area contributed by atoms with Gasteiger partial charge in [-0.25, -0.2) is 0 Å². The van der Waals surface area contributed by atoms with Crippen LogP contribution in [0.5, 0.6) is 11.5 Å². The van der Waals surface area contributed by atoms with E-state index in [-0.39, 0.29) is 23.0 Å². The molecular weight excluding hydrogens is 276 g/mol. The fourth-order valence-corrected chi connectivity index (χ4v) is 2.13. The van der Waals surface area contributed by atoms with Crippen molar-refractivity contribution in [3.8, 4) is 11.5 Å². The van der Waals surface area contributed by atoms with Crippen molar-refractivity contribution in [3.05, 3.63) is 23.8 Å². The van der Waals surface area contributed by atoms with Crippen molar-refractivity contribution in [2.45, 2.75) is 13.0 Å². The van der Waals surface area contributed by atoms with E-state index in [2.05, 4.69) is 5.32 Å². The van der Waals surface area contributed by atoms with Crippen molar-refractivity contribution in [1.29, 1.82) is 0 Å². The minimum absolute atomic E-state index is 0.0918. The van der Waals surface area contributed by atoms with Crippen molar-refractivity contribution in [1.82, 2.24) is 10.2 Å². The Bertz CT molecular complexity index is 520. The third kappa shape index (κ3) is 3.85. The highest BCUT2D eigenvalue weighted by Crippen LogP contribution is 2.20. The first-order valence-corrected chi connectivity index (χ1v) is 6.68. The highest BCUT2D eigenvalue weighted by atomic mass is 16.5. The SMILES string of the molecule is CC(NC(=O)c1cc(O)cc(O)c1)C(=O)N1CCOCC1. The molecule has 1 aromatic rings. The van der Waals surface area contributed by atoms with Gasteiger partial charge in [-0.3, -0.25) is 9.59 Å². The van der Waals surface area contributed by atoms with Crippen LogP contribution in [0, 0.1) is 0 Å². The molecule has 2 amide bonds. The monoisotopic (exact) mass is 294 g/mol. The van der Waals surface area contributed by atoms with E-state index >= 15 is 0 Å². The number of nitrogens with zero attached hydrogens (tertiary/aromatic N) is 1. The maximum Gasteiger partial charge on any atom is 0.252 e. The van der Waals surface area contributed by atoms with E-state index in [0.29, 0.717) is 26.3 Å². The number of hydrogen-bond donors (Lipinski definition) is 3. The van der Waals surface area contributed by atoms with Gasteiger partial charge in [-0.1, -0.05) is 0 Å². The highest BCUT2D eigenvalue weighted by Gasteiger charge is 2.24. The summed E-state index contributed by atoms with van der Waals surface area (Å²) < 4.78 is 5.17. The fourth-order valence-electron chi connectivity index (χ4n) is 2.13. The Morgan fingerprint density at radius 1 is 1.19 bits per heavy atom. The maximum absolute atomic E-state index is 12.2. The summed E-state index contributed by atoms with van der Waals surface area (Å²) >= 11 is 0. The van der Waals surface area contributed by atoms with Gasteiger partial charge in [0.2, 0.25) is 5.91 Å². The Morgan fingerprint density at radius 2 is 1.76 bits per heavy atom. The number of morpholine rings is 1. The largest absolute Gasteiger partial charge is 0.508 e.